The van der Waals surface area contributed by atoms with Gasteiger partial charge in [-0.3, -0.25) is 4.79 Å². The molecule has 0 unspecified atom stereocenters. The normalized spacial score (nSPS) is 13.0. The van der Waals surface area contributed by atoms with Crippen molar-refractivity contribution < 1.29 is 9.90 Å². The molecule has 60 valence electrons. The molecule has 1 atom stereocenters. The number of nitrogens with one attached hydrogen (secondary N) is 1. The molecule has 0 aromatic heterocycles. The molecule has 0 radical (unpaired) electrons. The fraction of sp³-hybridized carbons (Fsp3) is 0.833. The maximum atomic E-state index is 10.4. The number of thioether (sulfide) groups is 1. The van der Waals surface area contributed by atoms with E-state index in [1.165, 1.54) is 0 Å². The Morgan fingerprint density at radius 1 is 1.80 bits per heavy atom. The topological polar surface area (TPSA) is 49.3 Å². The SMILES string of the molecule is CCSC[C@H](NC)C(=O)O. The summed E-state index contributed by atoms with van der Waals surface area (Å²) in [5, 5.41) is 11.2. The molecule has 0 bridgehead atoms. The van der Waals surface area contributed by atoms with E-state index in [1.807, 2.05) is 6.92 Å². The van der Waals surface area contributed by atoms with Crippen molar-refractivity contribution in [2.45, 2.75) is 13.0 Å². The number of hydrogen-bond acceptors (Lipinski definition) is 3. The van der Waals surface area contributed by atoms with Crippen molar-refractivity contribution in [3.8, 4) is 0 Å². The van der Waals surface area contributed by atoms with Gasteiger partial charge in [0.25, 0.3) is 0 Å². The Morgan fingerprint density at radius 3 is 2.70 bits per heavy atom. The maximum Gasteiger partial charge on any atom is 0.321 e. The van der Waals surface area contributed by atoms with Crippen LogP contribution in [0.1, 0.15) is 6.92 Å². The lowest BCUT2D eigenvalue weighted by Crippen LogP contribution is -2.36. The number of carboxylic acid groups (broad SMARTS) is 1. The molecular formula is C6H13NO2S. The van der Waals surface area contributed by atoms with Crippen molar-refractivity contribution in [3.05, 3.63) is 0 Å². The van der Waals surface area contributed by atoms with Gasteiger partial charge >= 0.3 is 5.97 Å². The summed E-state index contributed by atoms with van der Waals surface area (Å²) < 4.78 is 0. The second-order valence-electron chi connectivity index (χ2n) is 1.84. The van der Waals surface area contributed by atoms with Crippen LogP contribution in [0.15, 0.2) is 0 Å². The lowest BCUT2D eigenvalue weighted by atomic mass is 10.3. The van der Waals surface area contributed by atoms with Crippen LogP contribution in [0.2, 0.25) is 0 Å². The van der Waals surface area contributed by atoms with Gasteiger partial charge in [-0.05, 0) is 12.8 Å². The van der Waals surface area contributed by atoms with Gasteiger partial charge < -0.3 is 10.4 Å². The van der Waals surface area contributed by atoms with E-state index >= 15 is 0 Å². The number of rotatable bonds is 5. The minimum absolute atomic E-state index is 0.398. The van der Waals surface area contributed by atoms with Gasteiger partial charge in [-0.25, -0.2) is 0 Å². The lowest BCUT2D eigenvalue weighted by molar-refractivity contribution is -0.138. The zero-order valence-corrected chi connectivity index (χ0v) is 7.07. The van der Waals surface area contributed by atoms with Crippen LogP contribution in [-0.4, -0.2) is 35.7 Å². The van der Waals surface area contributed by atoms with Crippen LogP contribution in [0, 0.1) is 0 Å². The third kappa shape index (κ3) is 3.74. The standard InChI is InChI=1S/C6H13NO2S/c1-3-10-4-5(7-2)6(8)9/h5,7H,3-4H2,1-2H3,(H,8,9)/t5-/m0/s1. The third-order valence-corrected chi connectivity index (χ3v) is 2.11. The first-order valence-corrected chi connectivity index (χ1v) is 4.35. The molecule has 10 heavy (non-hydrogen) atoms. The highest BCUT2D eigenvalue weighted by Crippen LogP contribution is 2.01. The van der Waals surface area contributed by atoms with Gasteiger partial charge in [0.1, 0.15) is 6.04 Å². The molecule has 4 heteroatoms. The summed E-state index contributed by atoms with van der Waals surface area (Å²) in [6.07, 6.45) is 0. The monoisotopic (exact) mass is 163 g/mol. The van der Waals surface area contributed by atoms with E-state index in [-0.39, 0.29) is 0 Å². The molecule has 0 rings (SSSR count). The van der Waals surface area contributed by atoms with Crippen LogP contribution in [0.5, 0.6) is 0 Å². The van der Waals surface area contributed by atoms with Crippen molar-refractivity contribution >= 4 is 17.7 Å². The number of hydrogen-bond donors (Lipinski definition) is 2. The summed E-state index contributed by atoms with van der Waals surface area (Å²) >= 11 is 1.63. The van der Waals surface area contributed by atoms with Gasteiger partial charge in [0, 0.05) is 5.75 Å². The summed E-state index contributed by atoms with van der Waals surface area (Å²) in [7, 11) is 1.66. The average Bonchev–Trinajstić information content (AvgIpc) is 1.89. The van der Waals surface area contributed by atoms with E-state index in [4.69, 9.17) is 5.11 Å². The number of carboxylic acids is 1. The van der Waals surface area contributed by atoms with Crippen LogP contribution >= 0.6 is 11.8 Å². The zero-order valence-electron chi connectivity index (χ0n) is 6.26. The molecule has 0 heterocycles. The van der Waals surface area contributed by atoms with Gasteiger partial charge in [0.2, 0.25) is 0 Å². The van der Waals surface area contributed by atoms with Crippen molar-refractivity contribution in [1.29, 1.82) is 0 Å². The molecule has 0 fully saturated rings. The third-order valence-electron chi connectivity index (χ3n) is 1.14. The van der Waals surface area contributed by atoms with Crippen LogP contribution in [0.25, 0.3) is 0 Å². The highest BCUT2D eigenvalue weighted by atomic mass is 32.2. The molecule has 0 aliphatic heterocycles. The minimum atomic E-state index is -0.775. The predicted molar refractivity (Wildman–Crippen MR) is 43.5 cm³/mol. The Bertz CT molecular complexity index is 108. The number of likely N-dealkylation sites (N-methyl/N-ethyl adjacent to an activating group) is 1. The molecule has 0 amide bonds. The maximum absolute atomic E-state index is 10.4. The Hall–Kier alpha value is -0.220. The Balaban J connectivity index is 3.50. The van der Waals surface area contributed by atoms with Crippen molar-refractivity contribution in [3.63, 3.8) is 0 Å². The molecule has 0 spiro atoms. The predicted octanol–water partition coefficient (Wildman–Crippen LogP) is 0.412. The molecular weight excluding hydrogens is 150 g/mol. The molecule has 0 saturated carbocycles. The fourth-order valence-electron chi connectivity index (χ4n) is 0.514. The quantitative estimate of drug-likeness (QED) is 0.616. The molecule has 0 aromatic carbocycles. The molecule has 0 aliphatic rings. The fourth-order valence-corrected chi connectivity index (χ4v) is 1.29. The summed E-state index contributed by atoms with van der Waals surface area (Å²) in [6.45, 7) is 2.01. The Morgan fingerprint density at radius 2 is 2.40 bits per heavy atom. The summed E-state index contributed by atoms with van der Waals surface area (Å²) in [5.74, 6) is 0.830. The second kappa shape index (κ2) is 5.56. The first-order chi connectivity index (χ1) is 4.72. The number of aliphatic carboxylic acids is 1. The van der Waals surface area contributed by atoms with Gasteiger partial charge in [0.15, 0.2) is 0 Å². The van der Waals surface area contributed by atoms with Crippen molar-refractivity contribution in [1.82, 2.24) is 5.32 Å². The van der Waals surface area contributed by atoms with Crippen LogP contribution in [0.3, 0.4) is 0 Å². The van der Waals surface area contributed by atoms with E-state index < -0.39 is 12.0 Å². The number of carbonyl (C=O) groups is 1. The summed E-state index contributed by atoms with van der Waals surface area (Å²) in [5.41, 5.74) is 0. The first-order valence-electron chi connectivity index (χ1n) is 3.20. The molecule has 2 N–H and O–H groups in total. The lowest BCUT2D eigenvalue weighted by Gasteiger charge is -2.08. The van der Waals surface area contributed by atoms with Crippen molar-refractivity contribution in [2.24, 2.45) is 0 Å². The van der Waals surface area contributed by atoms with E-state index in [1.54, 1.807) is 18.8 Å². The summed E-state index contributed by atoms with van der Waals surface area (Å²) in [4.78, 5) is 10.4. The highest BCUT2D eigenvalue weighted by molar-refractivity contribution is 7.99. The van der Waals surface area contributed by atoms with Crippen LogP contribution in [-0.2, 0) is 4.79 Å². The van der Waals surface area contributed by atoms with Gasteiger partial charge in [-0.2, -0.15) is 11.8 Å². The largest absolute Gasteiger partial charge is 0.480 e. The highest BCUT2D eigenvalue weighted by Gasteiger charge is 2.12. The van der Waals surface area contributed by atoms with E-state index in [0.717, 1.165) is 5.75 Å². The van der Waals surface area contributed by atoms with Crippen LogP contribution < -0.4 is 5.32 Å². The van der Waals surface area contributed by atoms with Gasteiger partial charge in [-0.15, -0.1) is 0 Å². The van der Waals surface area contributed by atoms with E-state index in [2.05, 4.69) is 5.32 Å². The smallest absolute Gasteiger partial charge is 0.321 e. The van der Waals surface area contributed by atoms with E-state index in [9.17, 15) is 4.79 Å². The first kappa shape index (κ1) is 9.78. The van der Waals surface area contributed by atoms with Crippen LogP contribution in [0.4, 0.5) is 0 Å². The average molecular weight is 163 g/mol. The Kier molecular flexibility index (Phi) is 5.43. The van der Waals surface area contributed by atoms with Gasteiger partial charge in [-0.1, -0.05) is 6.92 Å². The molecule has 3 nitrogen and oxygen atoms in total. The van der Waals surface area contributed by atoms with Gasteiger partial charge in [0.05, 0.1) is 0 Å². The van der Waals surface area contributed by atoms with Crippen molar-refractivity contribution in [2.75, 3.05) is 18.6 Å². The molecule has 0 aliphatic carbocycles. The Labute approximate surface area is 65.2 Å². The summed E-state index contributed by atoms with van der Waals surface area (Å²) in [6, 6.07) is -0.398. The molecule has 0 aromatic rings. The van der Waals surface area contributed by atoms with E-state index in [0.29, 0.717) is 5.75 Å². The second-order valence-corrected chi connectivity index (χ2v) is 3.16. The molecule has 0 saturated heterocycles. The zero-order chi connectivity index (χ0) is 7.98. The minimum Gasteiger partial charge on any atom is -0.480 e.